The molecule has 4 rings (SSSR count). The molecule has 0 saturated carbocycles. The lowest BCUT2D eigenvalue weighted by Gasteiger charge is -2.16. The number of rotatable bonds is 6. The number of hydrogen-bond acceptors (Lipinski definition) is 4. The Morgan fingerprint density at radius 3 is 2.67 bits per heavy atom. The van der Waals surface area contributed by atoms with E-state index in [4.69, 9.17) is 16.6 Å². The van der Waals surface area contributed by atoms with Crippen molar-refractivity contribution in [2.45, 2.75) is 25.8 Å². The van der Waals surface area contributed by atoms with Gasteiger partial charge in [0.1, 0.15) is 0 Å². The molecule has 0 bridgehead atoms. The number of thiazole rings is 1. The fourth-order valence-electron chi connectivity index (χ4n) is 3.24. The van der Waals surface area contributed by atoms with Crippen LogP contribution in [0.1, 0.15) is 19.3 Å². The number of amides is 1. The van der Waals surface area contributed by atoms with E-state index < -0.39 is 0 Å². The van der Waals surface area contributed by atoms with E-state index in [0.29, 0.717) is 11.4 Å². The van der Waals surface area contributed by atoms with Gasteiger partial charge in [-0.05, 0) is 48.6 Å². The zero-order chi connectivity index (χ0) is 18.6. The van der Waals surface area contributed by atoms with Crippen LogP contribution in [0.15, 0.2) is 52.2 Å². The maximum Gasteiger partial charge on any atom is 0.222 e. The van der Waals surface area contributed by atoms with E-state index in [1.807, 2.05) is 29.2 Å². The Morgan fingerprint density at radius 2 is 1.96 bits per heavy atom. The normalized spacial score (nSPS) is 15.1. The van der Waals surface area contributed by atoms with Gasteiger partial charge in [-0.15, -0.1) is 22.7 Å². The highest BCUT2D eigenvalue weighted by Crippen LogP contribution is 2.26. The summed E-state index contributed by atoms with van der Waals surface area (Å²) in [4.78, 5) is 20.9. The largest absolute Gasteiger partial charge is 0.343 e. The number of benzene rings is 1. The minimum absolute atomic E-state index is 0.287. The average molecular weight is 418 g/mol. The highest BCUT2D eigenvalue weighted by Gasteiger charge is 2.19. The summed E-state index contributed by atoms with van der Waals surface area (Å²) in [6, 6.07) is 11.8. The molecule has 1 aliphatic rings. The minimum Gasteiger partial charge on any atom is -0.343 e. The van der Waals surface area contributed by atoms with Crippen LogP contribution >= 0.6 is 34.3 Å². The molecule has 4 nitrogen and oxygen atoms in total. The van der Waals surface area contributed by atoms with E-state index in [1.165, 1.54) is 10.6 Å². The molecule has 1 aliphatic heterocycles. The Kier molecular flexibility index (Phi) is 5.76. The summed E-state index contributed by atoms with van der Waals surface area (Å²) in [5.74, 6) is 0.287. The van der Waals surface area contributed by atoms with Crippen molar-refractivity contribution in [2.75, 3.05) is 13.1 Å². The van der Waals surface area contributed by atoms with Gasteiger partial charge in [0, 0.05) is 36.5 Å². The van der Waals surface area contributed by atoms with E-state index in [-0.39, 0.29) is 5.91 Å². The summed E-state index contributed by atoms with van der Waals surface area (Å²) in [6.45, 7) is 2.55. The first-order valence-corrected chi connectivity index (χ1v) is 11.1. The summed E-state index contributed by atoms with van der Waals surface area (Å²) in [6.07, 6.45) is 2.61. The van der Waals surface area contributed by atoms with Crippen LogP contribution in [0.4, 0.5) is 5.69 Å². The SMILES string of the molecule is O=C1CCCN1CCCn1c(-c2cccs2)csc1=Nc1ccc(Cl)cc1. The second-order valence-corrected chi connectivity index (χ2v) is 8.68. The molecule has 1 aromatic carbocycles. The molecule has 1 saturated heterocycles. The van der Waals surface area contributed by atoms with Crippen molar-refractivity contribution in [1.29, 1.82) is 0 Å². The number of hydrogen-bond donors (Lipinski definition) is 0. The van der Waals surface area contributed by atoms with Gasteiger partial charge in [0.25, 0.3) is 0 Å². The molecule has 7 heteroatoms. The standard InChI is InChI=1S/C20H20ClN3OS2/c21-15-6-8-16(9-7-15)22-20-24(12-3-11-23-10-1-5-19(23)25)17(14-27-20)18-4-2-13-26-18/h2,4,6-9,13-14H,1,3,5,10-12H2. The molecule has 0 unspecified atom stereocenters. The van der Waals surface area contributed by atoms with Gasteiger partial charge in [0.05, 0.1) is 16.3 Å². The smallest absolute Gasteiger partial charge is 0.222 e. The van der Waals surface area contributed by atoms with Gasteiger partial charge in [-0.1, -0.05) is 17.7 Å². The molecule has 0 N–H and O–H groups in total. The third-order valence-electron chi connectivity index (χ3n) is 4.60. The molecule has 0 spiro atoms. The monoisotopic (exact) mass is 417 g/mol. The van der Waals surface area contributed by atoms with Gasteiger partial charge in [-0.25, -0.2) is 4.99 Å². The van der Waals surface area contributed by atoms with Crippen LogP contribution in [-0.4, -0.2) is 28.5 Å². The lowest BCUT2D eigenvalue weighted by Crippen LogP contribution is -2.27. The number of carbonyl (C=O) groups excluding carboxylic acids is 1. The van der Waals surface area contributed by atoms with Crippen molar-refractivity contribution < 1.29 is 4.79 Å². The molecule has 2 aromatic heterocycles. The summed E-state index contributed by atoms with van der Waals surface area (Å²) in [5.41, 5.74) is 2.08. The van der Waals surface area contributed by atoms with Gasteiger partial charge >= 0.3 is 0 Å². The Hall–Kier alpha value is -1.89. The van der Waals surface area contributed by atoms with E-state index in [0.717, 1.165) is 43.0 Å². The highest BCUT2D eigenvalue weighted by atomic mass is 35.5. The molecule has 27 heavy (non-hydrogen) atoms. The first-order valence-electron chi connectivity index (χ1n) is 9.01. The number of nitrogens with zero attached hydrogens (tertiary/aromatic N) is 3. The first-order chi connectivity index (χ1) is 13.2. The molecule has 0 atom stereocenters. The Morgan fingerprint density at radius 1 is 1.11 bits per heavy atom. The predicted octanol–water partition coefficient (Wildman–Crippen LogP) is 5.18. The lowest BCUT2D eigenvalue weighted by molar-refractivity contribution is -0.127. The second-order valence-electron chi connectivity index (χ2n) is 6.46. The lowest BCUT2D eigenvalue weighted by atomic mass is 10.3. The number of aromatic nitrogens is 1. The van der Waals surface area contributed by atoms with E-state index in [2.05, 4.69) is 27.5 Å². The van der Waals surface area contributed by atoms with Gasteiger partial charge < -0.3 is 9.47 Å². The van der Waals surface area contributed by atoms with Gasteiger partial charge in [-0.3, -0.25) is 4.79 Å². The van der Waals surface area contributed by atoms with Crippen LogP contribution < -0.4 is 4.80 Å². The van der Waals surface area contributed by atoms with Crippen molar-refractivity contribution in [3.8, 4) is 10.6 Å². The van der Waals surface area contributed by atoms with Crippen molar-refractivity contribution in [2.24, 2.45) is 4.99 Å². The highest BCUT2D eigenvalue weighted by molar-refractivity contribution is 7.14. The van der Waals surface area contributed by atoms with Crippen molar-refractivity contribution in [3.63, 3.8) is 0 Å². The minimum atomic E-state index is 0.287. The third kappa shape index (κ3) is 4.34. The Labute approximate surface area is 171 Å². The molecule has 1 fully saturated rings. The quantitative estimate of drug-likeness (QED) is 0.544. The molecule has 3 heterocycles. The maximum atomic E-state index is 11.8. The van der Waals surface area contributed by atoms with Crippen LogP contribution in [0.2, 0.25) is 5.02 Å². The van der Waals surface area contributed by atoms with E-state index in [1.54, 1.807) is 22.7 Å². The number of likely N-dealkylation sites (tertiary alicyclic amines) is 1. The number of thiophene rings is 1. The average Bonchev–Trinajstić information content (AvgIpc) is 3.40. The fraction of sp³-hybridized carbons (Fsp3) is 0.300. The Bertz CT molecular complexity index is 974. The summed E-state index contributed by atoms with van der Waals surface area (Å²) < 4.78 is 2.27. The maximum absolute atomic E-state index is 11.8. The second kappa shape index (κ2) is 8.42. The number of halogens is 1. The van der Waals surface area contributed by atoms with Crippen LogP contribution in [0.3, 0.4) is 0 Å². The summed E-state index contributed by atoms with van der Waals surface area (Å²) >= 11 is 9.36. The number of carbonyl (C=O) groups is 1. The molecule has 0 aliphatic carbocycles. The van der Waals surface area contributed by atoms with Crippen LogP contribution in [0.25, 0.3) is 10.6 Å². The zero-order valence-electron chi connectivity index (χ0n) is 14.8. The van der Waals surface area contributed by atoms with E-state index in [9.17, 15) is 4.79 Å². The van der Waals surface area contributed by atoms with Gasteiger partial charge in [0.15, 0.2) is 4.80 Å². The molecule has 1 amide bonds. The van der Waals surface area contributed by atoms with Crippen molar-refractivity contribution >= 4 is 45.9 Å². The summed E-state index contributed by atoms with van der Waals surface area (Å²) in [5, 5.41) is 4.97. The van der Waals surface area contributed by atoms with Gasteiger partial charge in [-0.2, -0.15) is 0 Å². The van der Waals surface area contributed by atoms with Gasteiger partial charge in [0.2, 0.25) is 5.91 Å². The van der Waals surface area contributed by atoms with Crippen molar-refractivity contribution in [1.82, 2.24) is 9.47 Å². The Balaban J connectivity index is 1.61. The first kappa shape index (κ1) is 18.5. The molecule has 3 aromatic rings. The van der Waals surface area contributed by atoms with Crippen molar-refractivity contribution in [3.05, 3.63) is 57.0 Å². The molecular weight excluding hydrogens is 398 g/mol. The van der Waals surface area contributed by atoms with Crippen LogP contribution in [0, 0.1) is 0 Å². The molecule has 0 radical (unpaired) electrons. The molecular formula is C20H20ClN3OS2. The summed E-state index contributed by atoms with van der Waals surface area (Å²) in [7, 11) is 0. The van der Waals surface area contributed by atoms with E-state index >= 15 is 0 Å². The fourth-order valence-corrected chi connectivity index (χ4v) is 5.14. The predicted molar refractivity (Wildman–Crippen MR) is 113 cm³/mol. The topological polar surface area (TPSA) is 37.6 Å². The van der Waals surface area contributed by atoms with Crippen LogP contribution in [0.5, 0.6) is 0 Å². The third-order valence-corrected chi connectivity index (χ3v) is 6.61. The van der Waals surface area contributed by atoms with Crippen LogP contribution in [-0.2, 0) is 11.3 Å². The molecule has 140 valence electrons. The zero-order valence-corrected chi connectivity index (χ0v) is 17.2.